The third kappa shape index (κ3) is 8.01. The molecular formula is C25H33Cl2N3O5S. The number of sulfonamides is 1. The zero-order valence-corrected chi connectivity index (χ0v) is 23.7. The average molecular weight is 559 g/mol. The van der Waals surface area contributed by atoms with E-state index in [1.807, 2.05) is 20.8 Å². The van der Waals surface area contributed by atoms with Crippen molar-refractivity contribution in [1.29, 1.82) is 0 Å². The maximum atomic E-state index is 13.8. The fraction of sp³-hybridized carbons (Fsp3) is 0.440. The van der Waals surface area contributed by atoms with Gasteiger partial charge in [-0.1, -0.05) is 48.3 Å². The van der Waals surface area contributed by atoms with E-state index in [2.05, 4.69) is 5.32 Å². The SMILES string of the molecule is CC[C@H](C(=O)NC(C)(C)C)N(Cc1ccc(Cl)cc1Cl)C(=O)CN(c1ccccc1OC)S(C)(=O)=O. The first kappa shape index (κ1) is 29.7. The molecule has 1 atom stereocenters. The molecule has 0 aliphatic heterocycles. The summed E-state index contributed by atoms with van der Waals surface area (Å²) in [5, 5.41) is 3.67. The van der Waals surface area contributed by atoms with Crippen LogP contribution in [-0.4, -0.2) is 56.6 Å². The van der Waals surface area contributed by atoms with E-state index < -0.39 is 34.1 Å². The first-order valence-corrected chi connectivity index (χ1v) is 13.9. The average Bonchev–Trinajstić information content (AvgIpc) is 2.76. The minimum atomic E-state index is -3.89. The van der Waals surface area contributed by atoms with E-state index in [0.29, 0.717) is 27.8 Å². The first-order chi connectivity index (χ1) is 16.7. The molecule has 0 aliphatic rings. The van der Waals surface area contributed by atoms with Gasteiger partial charge in [-0.15, -0.1) is 0 Å². The molecule has 1 N–H and O–H groups in total. The maximum absolute atomic E-state index is 13.8. The van der Waals surface area contributed by atoms with Gasteiger partial charge in [0.2, 0.25) is 21.8 Å². The zero-order valence-electron chi connectivity index (χ0n) is 21.3. The lowest BCUT2D eigenvalue weighted by molar-refractivity contribution is -0.141. The summed E-state index contributed by atoms with van der Waals surface area (Å²) in [5.74, 6) is -0.638. The third-order valence-electron chi connectivity index (χ3n) is 5.27. The van der Waals surface area contributed by atoms with E-state index in [0.717, 1.165) is 10.6 Å². The summed E-state index contributed by atoms with van der Waals surface area (Å²) < 4.78 is 31.8. The minimum Gasteiger partial charge on any atom is -0.495 e. The lowest BCUT2D eigenvalue weighted by Crippen LogP contribution is -2.55. The molecule has 36 heavy (non-hydrogen) atoms. The second-order valence-corrected chi connectivity index (χ2v) is 12.1. The standard InChI is InChI=1S/C25H33Cl2N3O5S/c1-7-20(24(32)28-25(2,3)4)29(15-17-12-13-18(26)14-19(17)27)23(31)16-30(36(6,33)34)21-10-8-9-11-22(21)35-5/h8-14,20H,7,15-16H2,1-6H3,(H,28,32)/t20-/m1/s1. The van der Waals surface area contributed by atoms with E-state index >= 15 is 0 Å². The van der Waals surface area contributed by atoms with Crippen LogP contribution in [0.3, 0.4) is 0 Å². The number of nitrogens with one attached hydrogen (secondary N) is 1. The van der Waals surface area contributed by atoms with Gasteiger partial charge in [-0.3, -0.25) is 13.9 Å². The van der Waals surface area contributed by atoms with Crippen LogP contribution in [0.5, 0.6) is 5.75 Å². The molecule has 2 rings (SSSR count). The molecule has 0 radical (unpaired) electrons. The van der Waals surface area contributed by atoms with E-state index in [-0.39, 0.29) is 18.1 Å². The molecule has 0 saturated carbocycles. The molecule has 198 valence electrons. The highest BCUT2D eigenvalue weighted by Crippen LogP contribution is 2.30. The lowest BCUT2D eigenvalue weighted by atomic mass is 10.1. The van der Waals surface area contributed by atoms with Crippen LogP contribution >= 0.6 is 23.2 Å². The Morgan fingerprint density at radius 3 is 2.28 bits per heavy atom. The largest absolute Gasteiger partial charge is 0.495 e. The number of rotatable bonds is 10. The summed E-state index contributed by atoms with van der Waals surface area (Å²) in [6.45, 7) is 6.75. The summed E-state index contributed by atoms with van der Waals surface area (Å²) in [5.41, 5.74) is 0.250. The van der Waals surface area contributed by atoms with Crippen molar-refractivity contribution in [2.75, 3.05) is 24.2 Å². The molecule has 0 fully saturated rings. The van der Waals surface area contributed by atoms with Gasteiger partial charge in [0.05, 0.1) is 19.1 Å². The van der Waals surface area contributed by atoms with Gasteiger partial charge in [0, 0.05) is 22.1 Å². The highest BCUT2D eigenvalue weighted by Gasteiger charge is 2.34. The van der Waals surface area contributed by atoms with Gasteiger partial charge in [0.15, 0.2) is 0 Å². The van der Waals surface area contributed by atoms with Gasteiger partial charge in [-0.2, -0.15) is 0 Å². The molecule has 2 aromatic carbocycles. The second kappa shape index (κ2) is 12.2. The first-order valence-electron chi connectivity index (χ1n) is 11.3. The number of nitrogens with zero attached hydrogens (tertiary/aromatic N) is 2. The van der Waals surface area contributed by atoms with Crippen molar-refractivity contribution in [1.82, 2.24) is 10.2 Å². The highest BCUT2D eigenvalue weighted by molar-refractivity contribution is 7.92. The van der Waals surface area contributed by atoms with Crippen molar-refractivity contribution in [3.8, 4) is 5.75 Å². The predicted octanol–water partition coefficient (Wildman–Crippen LogP) is 4.49. The van der Waals surface area contributed by atoms with E-state index in [1.165, 1.54) is 12.0 Å². The quantitative estimate of drug-likeness (QED) is 0.464. The van der Waals surface area contributed by atoms with Crippen LogP contribution in [0.4, 0.5) is 5.69 Å². The van der Waals surface area contributed by atoms with Crippen LogP contribution in [-0.2, 0) is 26.2 Å². The van der Waals surface area contributed by atoms with E-state index in [4.69, 9.17) is 27.9 Å². The van der Waals surface area contributed by atoms with Crippen molar-refractivity contribution in [3.05, 3.63) is 58.1 Å². The maximum Gasteiger partial charge on any atom is 0.244 e. The molecule has 2 amide bonds. The summed E-state index contributed by atoms with van der Waals surface area (Å²) in [4.78, 5) is 28.3. The van der Waals surface area contributed by atoms with Gasteiger partial charge in [-0.25, -0.2) is 8.42 Å². The summed E-state index contributed by atoms with van der Waals surface area (Å²) in [6.07, 6.45) is 1.31. The van der Waals surface area contributed by atoms with Crippen LogP contribution in [0.15, 0.2) is 42.5 Å². The zero-order chi connectivity index (χ0) is 27.3. The molecule has 0 spiro atoms. The number of hydrogen-bond donors (Lipinski definition) is 1. The Bertz CT molecular complexity index is 1200. The van der Waals surface area contributed by atoms with Gasteiger partial charge < -0.3 is 15.0 Å². The van der Waals surface area contributed by atoms with Crippen molar-refractivity contribution in [2.24, 2.45) is 0 Å². The molecule has 0 saturated heterocycles. The Morgan fingerprint density at radius 2 is 1.75 bits per heavy atom. The van der Waals surface area contributed by atoms with Crippen molar-refractivity contribution in [3.63, 3.8) is 0 Å². The third-order valence-corrected chi connectivity index (χ3v) is 6.99. The van der Waals surface area contributed by atoms with Gasteiger partial charge in [0.25, 0.3) is 0 Å². The van der Waals surface area contributed by atoms with E-state index in [1.54, 1.807) is 49.4 Å². The van der Waals surface area contributed by atoms with Gasteiger partial charge >= 0.3 is 0 Å². The topological polar surface area (TPSA) is 96.0 Å². The Kier molecular flexibility index (Phi) is 10.0. The summed E-state index contributed by atoms with van der Waals surface area (Å²) in [7, 11) is -2.47. The number of carbonyl (C=O) groups excluding carboxylic acids is 2. The fourth-order valence-electron chi connectivity index (χ4n) is 3.64. The second-order valence-electron chi connectivity index (χ2n) is 9.36. The van der Waals surface area contributed by atoms with Gasteiger partial charge in [0.1, 0.15) is 18.3 Å². The number of hydrogen-bond acceptors (Lipinski definition) is 5. The van der Waals surface area contributed by atoms with Crippen LogP contribution in [0, 0.1) is 0 Å². The fourth-order valence-corrected chi connectivity index (χ4v) is 4.96. The number of methoxy groups -OCH3 is 1. The number of anilines is 1. The molecule has 2 aromatic rings. The molecule has 0 heterocycles. The monoisotopic (exact) mass is 557 g/mol. The van der Waals surface area contributed by atoms with E-state index in [9.17, 15) is 18.0 Å². The normalized spacial score (nSPS) is 12.6. The number of ether oxygens (including phenoxy) is 1. The number of carbonyl (C=O) groups is 2. The number of halogens is 2. The molecule has 8 nitrogen and oxygen atoms in total. The summed E-state index contributed by atoms with van der Waals surface area (Å²) in [6, 6.07) is 10.5. The highest BCUT2D eigenvalue weighted by atomic mass is 35.5. The number of benzene rings is 2. The van der Waals surface area contributed by atoms with Crippen LogP contribution < -0.4 is 14.4 Å². The van der Waals surface area contributed by atoms with Crippen LogP contribution in [0.25, 0.3) is 0 Å². The van der Waals surface area contributed by atoms with Crippen LogP contribution in [0.1, 0.15) is 39.7 Å². The molecule has 0 aromatic heterocycles. The Hall–Kier alpha value is -2.49. The predicted molar refractivity (Wildman–Crippen MR) is 144 cm³/mol. The minimum absolute atomic E-state index is 0.0194. The number of para-hydroxylation sites is 2. The van der Waals surface area contributed by atoms with Crippen molar-refractivity contribution < 1.29 is 22.7 Å². The smallest absolute Gasteiger partial charge is 0.244 e. The Labute approximate surface area is 223 Å². The van der Waals surface area contributed by atoms with Crippen molar-refractivity contribution in [2.45, 2.75) is 52.2 Å². The Balaban J connectivity index is 2.53. The Morgan fingerprint density at radius 1 is 1.11 bits per heavy atom. The van der Waals surface area contributed by atoms with Crippen LogP contribution in [0.2, 0.25) is 10.0 Å². The van der Waals surface area contributed by atoms with Gasteiger partial charge in [-0.05, 0) is 57.0 Å². The lowest BCUT2D eigenvalue weighted by Gasteiger charge is -2.34. The molecule has 11 heteroatoms. The molecule has 0 unspecified atom stereocenters. The number of amides is 2. The molecule has 0 bridgehead atoms. The molecular weight excluding hydrogens is 525 g/mol. The summed E-state index contributed by atoms with van der Waals surface area (Å²) >= 11 is 12.4. The molecule has 0 aliphatic carbocycles. The van der Waals surface area contributed by atoms with Crippen molar-refractivity contribution >= 4 is 50.7 Å².